The van der Waals surface area contributed by atoms with Gasteiger partial charge in [-0.2, -0.15) is 0 Å². The van der Waals surface area contributed by atoms with Crippen LogP contribution >= 0.6 is 0 Å². The second-order valence-electron chi connectivity index (χ2n) is 8.10. The molecule has 0 amide bonds. The average Bonchev–Trinajstić information content (AvgIpc) is 3.04. The zero-order valence-corrected chi connectivity index (χ0v) is 19.3. The molecule has 0 atom stereocenters. The molecule has 4 aromatic rings. The summed E-state index contributed by atoms with van der Waals surface area (Å²) in [6.07, 6.45) is 1.60. The number of hydrogen-bond acceptors (Lipinski definition) is 6. The zero-order valence-electron chi connectivity index (χ0n) is 19.3. The van der Waals surface area contributed by atoms with Crippen LogP contribution < -0.4 is 11.1 Å². The van der Waals surface area contributed by atoms with Gasteiger partial charge in [0.15, 0.2) is 0 Å². The van der Waals surface area contributed by atoms with Gasteiger partial charge in [-0.25, -0.2) is 23.5 Å². The van der Waals surface area contributed by atoms with Crippen LogP contribution in [0.2, 0.25) is 0 Å². The van der Waals surface area contributed by atoms with Gasteiger partial charge in [0.1, 0.15) is 11.6 Å². The largest absolute Gasteiger partial charge is 0.478 e. The van der Waals surface area contributed by atoms with Crippen LogP contribution in [0.4, 0.5) is 20.4 Å². The van der Waals surface area contributed by atoms with Gasteiger partial charge in [-0.1, -0.05) is 31.4 Å². The predicted octanol–water partition coefficient (Wildman–Crippen LogP) is 5.16. The van der Waals surface area contributed by atoms with E-state index in [1.165, 1.54) is 30.3 Å². The van der Waals surface area contributed by atoms with Gasteiger partial charge in [0.25, 0.3) is 0 Å². The Morgan fingerprint density at radius 3 is 2.47 bits per heavy atom. The van der Waals surface area contributed by atoms with Crippen LogP contribution in [0.15, 0.2) is 71.9 Å². The Balaban J connectivity index is 0.00000336. The molecule has 5 rings (SSSR count). The number of aromatic carboxylic acids is 1. The first kappa shape index (κ1) is 26.1. The number of halogens is 2. The molecule has 0 saturated carbocycles. The Morgan fingerprint density at radius 2 is 1.79 bits per heavy atom. The third-order valence-electron chi connectivity index (χ3n) is 5.72. The second-order valence-corrected chi connectivity index (χ2v) is 8.10. The van der Waals surface area contributed by atoms with Gasteiger partial charge in [-0.05, 0) is 48.5 Å². The highest BCUT2D eigenvalue weighted by Gasteiger charge is 2.25. The van der Waals surface area contributed by atoms with E-state index >= 15 is 0 Å². The van der Waals surface area contributed by atoms with Crippen LogP contribution in [0.25, 0.3) is 11.3 Å². The number of aliphatic imine (C=N–C) groups is 1. The zero-order chi connectivity index (χ0) is 25.9. The molecule has 0 bridgehead atoms. The minimum atomic E-state index is -1.03. The highest BCUT2D eigenvalue weighted by Crippen LogP contribution is 2.34. The topological polar surface area (TPSA) is 113 Å². The molecule has 9 heteroatoms. The number of nitrogens with two attached hydrogens (primary N) is 1. The molecule has 0 unspecified atom stereocenters. The van der Waals surface area contributed by atoms with Gasteiger partial charge in [0, 0.05) is 34.1 Å². The Bertz CT molecular complexity index is 1600. The number of benzene rings is 3. The van der Waals surface area contributed by atoms with Crippen molar-refractivity contribution in [2.75, 3.05) is 11.9 Å². The van der Waals surface area contributed by atoms with Crippen LogP contribution in [0.3, 0.4) is 0 Å². The fraction of sp³-hybridized carbons (Fsp3) is 0.103. The van der Waals surface area contributed by atoms with Crippen molar-refractivity contribution < 1.29 is 18.7 Å². The SMILES string of the molecule is C.NCC#Cc1ccc2c(c1)C(c1c(F)cccc1F)=NCc1cnc(Nc3ccc(C(=O)O)cc3)nc1-2. The molecule has 4 N–H and O–H groups in total. The first-order valence-electron chi connectivity index (χ1n) is 11.2. The number of anilines is 2. The number of aromatic nitrogens is 2. The van der Waals surface area contributed by atoms with Crippen molar-refractivity contribution in [3.63, 3.8) is 0 Å². The van der Waals surface area contributed by atoms with Gasteiger partial charge in [-0.3, -0.25) is 4.99 Å². The Labute approximate surface area is 218 Å². The predicted molar refractivity (Wildman–Crippen MR) is 143 cm³/mol. The average molecular weight is 512 g/mol. The van der Waals surface area contributed by atoms with Gasteiger partial charge in [0.05, 0.1) is 35.6 Å². The number of carboxylic acid groups (broad SMARTS) is 1. The van der Waals surface area contributed by atoms with Crippen molar-refractivity contribution in [2.45, 2.75) is 14.0 Å². The van der Waals surface area contributed by atoms with E-state index in [2.05, 4.69) is 32.1 Å². The lowest BCUT2D eigenvalue weighted by molar-refractivity contribution is 0.0697. The van der Waals surface area contributed by atoms with Crippen molar-refractivity contribution in [2.24, 2.45) is 10.7 Å². The molecule has 2 heterocycles. The summed E-state index contributed by atoms with van der Waals surface area (Å²) in [5, 5.41) is 12.2. The highest BCUT2D eigenvalue weighted by atomic mass is 19.1. The molecular weight excluding hydrogens is 488 g/mol. The minimum absolute atomic E-state index is 0. The molecular formula is C29H23F2N5O2. The van der Waals surface area contributed by atoms with Gasteiger partial charge >= 0.3 is 5.97 Å². The number of hydrogen-bond donors (Lipinski definition) is 3. The van der Waals surface area contributed by atoms with Gasteiger partial charge in [0.2, 0.25) is 5.95 Å². The smallest absolute Gasteiger partial charge is 0.335 e. The number of nitrogens with zero attached hydrogens (tertiary/aromatic N) is 3. The molecule has 7 nitrogen and oxygen atoms in total. The van der Waals surface area contributed by atoms with Crippen molar-refractivity contribution in [3.8, 4) is 23.1 Å². The van der Waals surface area contributed by atoms with E-state index < -0.39 is 17.6 Å². The second kappa shape index (κ2) is 11.0. The summed E-state index contributed by atoms with van der Waals surface area (Å²) in [7, 11) is 0. The van der Waals surface area contributed by atoms with Crippen LogP contribution in [0, 0.1) is 23.5 Å². The maximum atomic E-state index is 14.8. The standard InChI is InChI=1S/C28H19F2N5O2.CH4/c29-22-4-1-5-23(30)24(22)26-21-13-16(3-2-12-31)6-11-20(21)25-18(14-32-26)15-33-28(35-25)34-19-9-7-17(8-10-19)27(36)37;/h1,4-11,13,15H,12,14,31H2,(H,36,37)(H,33,34,35);1H4. The van der Waals surface area contributed by atoms with E-state index in [0.717, 1.165) is 0 Å². The summed E-state index contributed by atoms with van der Waals surface area (Å²) >= 11 is 0. The summed E-state index contributed by atoms with van der Waals surface area (Å²) in [6.45, 7) is 0.267. The fourth-order valence-corrected chi connectivity index (χ4v) is 4.01. The Morgan fingerprint density at radius 1 is 1.05 bits per heavy atom. The molecule has 38 heavy (non-hydrogen) atoms. The summed E-state index contributed by atoms with van der Waals surface area (Å²) in [5.41, 5.74) is 9.09. The van der Waals surface area contributed by atoms with E-state index in [4.69, 9.17) is 10.8 Å². The minimum Gasteiger partial charge on any atom is -0.478 e. The van der Waals surface area contributed by atoms with E-state index in [1.54, 1.807) is 36.5 Å². The van der Waals surface area contributed by atoms with Crippen molar-refractivity contribution in [1.29, 1.82) is 0 Å². The Hall–Kier alpha value is -4.94. The molecule has 1 aliphatic heterocycles. The Kier molecular flexibility index (Phi) is 7.55. The van der Waals surface area contributed by atoms with Crippen molar-refractivity contribution >= 4 is 23.3 Å². The molecule has 190 valence electrons. The fourth-order valence-electron chi connectivity index (χ4n) is 4.01. The van der Waals surface area contributed by atoms with Gasteiger partial charge < -0.3 is 16.2 Å². The van der Waals surface area contributed by atoms with E-state index in [0.29, 0.717) is 33.6 Å². The van der Waals surface area contributed by atoms with Crippen LogP contribution in [0.5, 0.6) is 0 Å². The van der Waals surface area contributed by atoms with E-state index in [1.807, 2.05) is 0 Å². The van der Waals surface area contributed by atoms with Crippen molar-refractivity contribution in [1.82, 2.24) is 9.97 Å². The monoisotopic (exact) mass is 511 g/mol. The van der Waals surface area contributed by atoms with Crippen LogP contribution in [0.1, 0.15) is 40.0 Å². The molecule has 0 radical (unpaired) electrons. The quantitative estimate of drug-likeness (QED) is 0.326. The van der Waals surface area contributed by atoms with E-state index in [-0.39, 0.29) is 43.3 Å². The maximum absolute atomic E-state index is 14.8. The molecule has 1 aromatic heterocycles. The highest BCUT2D eigenvalue weighted by molar-refractivity contribution is 6.17. The third kappa shape index (κ3) is 5.12. The van der Waals surface area contributed by atoms with Gasteiger partial charge in [-0.15, -0.1) is 0 Å². The number of carbonyl (C=O) groups is 1. The van der Waals surface area contributed by atoms with Crippen LogP contribution in [-0.4, -0.2) is 33.3 Å². The summed E-state index contributed by atoms with van der Waals surface area (Å²) in [4.78, 5) is 24.7. The first-order chi connectivity index (χ1) is 17.9. The summed E-state index contributed by atoms with van der Waals surface area (Å²) in [5.74, 6) is 3.52. The lowest BCUT2D eigenvalue weighted by Crippen LogP contribution is -2.10. The first-order valence-corrected chi connectivity index (χ1v) is 11.2. The number of nitrogens with one attached hydrogen (secondary N) is 1. The molecule has 0 fully saturated rings. The molecule has 0 spiro atoms. The van der Waals surface area contributed by atoms with Crippen molar-refractivity contribution in [3.05, 3.63) is 106 Å². The molecule has 3 aromatic carbocycles. The lowest BCUT2D eigenvalue weighted by Gasteiger charge is -2.13. The number of carboxylic acids is 1. The number of rotatable bonds is 4. The number of fused-ring (bicyclic) bond motifs is 3. The lowest BCUT2D eigenvalue weighted by atomic mass is 9.93. The summed E-state index contributed by atoms with van der Waals surface area (Å²) < 4.78 is 29.7. The van der Waals surface area contributed by atoms with Crippen LogP contribution in [-0.2, 0) is 6.54 Å². The molecule has 1 aliphatic rings. The molecule has 0 saturated heterocycles. The maximum Gasteiger partial charge on any atom is 0.335 e. The van der Waals surface area contributed by atoms with E-state index in [9.17, 15) is 13.6 Å². The third-order valence-corrected chi connectivity index (χ3v) is 5.72. The molecule has 0 aliphatic carbocycles. The summed E-state index contributed by atoms with van der Waals surface area (Å²) in [6, 6.07) is 15.1. The normalized spacial score (nSPS) is 11.5.